The molecule has 2 N–H and O–H groups in total. The van der Waals surface area contributed by atoms with Gasteiger partial charge in [0, 0.05) is 19.3 Å². The maximum absolute atomic E-state index is 13.7. The molecule has 2 aromatic carbocycles. The van der Waals surface area contributed by atoms with Crippen molar-refractivity contribution < 1.29 is 9.18 Å². The summed E-state index contributed by atoms with van der Waals surface area (Å²) < 4.78 is 13.7. The van der Waals surface area contributed by atoms with Crippen molar-refractivity contribution in [2.24, 2.45) is 0 Å². The van der Waals surface area contributed by atoms with Gasteiger partial charge >= 0.3 is 0 Å². The minimum absolute atomic E-state index is 0.0359. The second-order valence-electron chi connectivity index (χ2n) is 4.89. The minimum Gasteiger partial charge on any atom is -0.399 e. The van der Waals surface area contributed by atoms with Crippen molar-refractivity contribution in [2.75, 3.05) is 12.8 Å². The van der Waals surface area contributed by atoms with E-state index in [1.165, 1.54) is 17.0 Å². The Morgan fingerprint density at radius 3 is 2.45 bits per heavy atom. The van der Waals surface area contributed by atoms with Crippen molar-refractivity contribution >= 4 is 11.6 Å². The number of amides is 1. The Kier molecular flexibility index (Phi) is 4.03. The zero-order valence-electron chi connectivity index (χ0n) is 11.6. The molecule has 0 heterocycles. The van der Waals surface area contributed by atoms with E-state index in [4.69, 9.17) is 5.73 Å². The van der Waals surface area contributed by atoms with E-state index >= 15 is 0 Å². The predicted octanol–water partition coefficient (Wildman–Crippen LogP) is 2.99. The SMILES string of the molecule is Cc1ccc(CN(C)C(=O)c2ccc(N)cc2F)cc1. The summed E-state index contributed by atoms with van der Waals surface area (Å²) in [5.74, 6) is -0.950. The third-order valence-electron chi connectivity index (χ3n) is 3.11. The molecule has 1 amide bonds. The lowest BCUT2D eigenvalue weighted by Crippen LogP contribution is -2.27. The fraction of sp³-hybridized carbons (Fsp3) is 0.188. The molecule has 4 heteroatoms. The van der Waals surface area contributed by atoms with E-state index in [1.807, 2.05) is 31.2 Å². The zero-order chi connectivity index (χ0) is 14.7. The molecule has 0 aliphatic heterocycles. The summed E-state index contributed by atoms with van der Waals surface area (Å²) in [6, 6.07) is 12.0. The van der Waals surface area contributed by atoms with Gasteiger partial charge in [0.25, 0.3) is 5.91 Å². The Hall–Kier alpha value is -2.36. The van der Waals surface area contributed by atoms with Crippen LogP contribution in [0.4, 0.5) is 10.1 Å². The number of hydrogen-bond donors (Lipinski definition) is 1. The Balaban J connectivity index is 2.14. The van der Waals surface area contributed by atoms with Gasteiger partial charge in [0.15, 0.2) is 0 Å². The molecule has 0 aliphatic rings. The van der Waals surface area contributed by atoms with E-state index < -0.39 is 5.82 Å². The molecule has 0 saturated carbocycles. The zero-order valence-corrected chi connectivity index (χ0v) is 11.6. The number of nitrogens with two attached hydrogens (primary N) is 1. The smallest absolute Gasteiger partial charge is 0.256 e. The molecule has 0 aliphatic carbocycles. The van der Waals surface area contributed by atoms with Crippen LogP contribution in [0.3, 0.4) is 0 Å². The van der Waals surface area contributed by atoms with Gasteiger partial charge in [-0.2, -0.15) is 0 Å². The summed E-state index contributed by atoms with van der Waals surface area (Å²) in [6.45, 7) is 2.44. The van der Waals surface area contributed by atoms with Gasteiger partial charge < -0.3 is 10.6 Å². The second-order valence-corrected chi connectivity index (χ2v) is 4.89. The van der Waals surface area contributed by atoms with Crippen LogP contribution in [0.1, 0.15) is 21.5 Å². The van der Waals surface area contributed by atoms with Gasteiger partial charge in [-0.05, 0) is 30.7 Å². The van der Waals surface area contributed by atoms with Crippen molar-refractivity contribution in [1.29, 1.82) is 0 Å². The Morgan fingerprint density at radius 1 is 1.20 bits per heavy atom. The lowest BCUT2D eigenvalue weighted by Gasteiger charge is -2.18. The molecular weight excluding hydrogens is 255 g/mol. The Morgan fingerprint density at radius 2 is 1.85 bits per heavy atom. The Bertz CT molecular complexity index is 623. The summed E-state index contributed by atoms with van der Waals surface area (Å²) in [4.78, 5) is 13.7. The van der Waals surface area contributed by atoms with Gasteiger partial charge in [-0.1, -0.05) is 29.8 Å². The number of aryl methyl sites for hydroxylation is 1. The molecule has 2 aromatic rings. The maximum atomic E-state index is 13.7. The van der Waals surface area contributed by atoms with E-state index in [0.717, 1.165) is 17.2 Å². The molecule has 0 saturated heterocycles. The highest BCUT2D eigenvalue weighted by atomic mass is 19.1. The van der Waals surface area contributed by atoms with E-state index in [0.29, 0.717) is 12.2 Å². The van der Waals surface area contributed by atoms with E-state index in [2.05, 4.69) is 0 Å². The van der Waals surface area contributed by atoms with Crippen LogP contribution in [-0.2, 0) is 6.54 Å². The summed E-state index contributed by atoms with van der Waals surface area (Å²) in [5.41, 5.74) is 7.98. The molecule has 104 valence electrons. The topological polar surface area (TPSA) is 46.3 Å². The molecule has 0 aromatic heterocycles. The maximum Gasteiger partial charge on any atom is 0.256 e. The molecule has 0 radical (unpaired) electrons. The monoisotopic (exact) mass is 272 g/mol. The lowest BCUT2D eigenvalue weighted by molar-refractivity contribution is 0.0780. The first-order valence-electron chi connectivity index (χ1n) is 6.33. The van der Waals surface area contributed by atoms with E-state index in [9.17, 15) is 9.18 Å². The van der Waals surface area contributed by atoms with Crippen LogP contribution >= 0.6 is 0 Å². The van der Waals surface area contributed by atoms with Gasteiger partial charge in [0.05, 0.1) is 5.56 Å². The molecule has 0 spiro atoms. The van der Waals surface area contributed by atoms with Crippen molar-refractivity contribution in [1.82, 2.24) is 4.90 Å². The van der Waals surface area contributed by atoms with Crippen molar-refractivity contribution in [3.63, 3.8) is 0 Å². The third kappa shape index (κ3) is 3.15. The van der Waals surface area contributed by atoms with Crippen LogP contribution in [0.5, 0.6) is 0 Å². The summed E-state index contributed by atoms with van der Waals surface area (Å²) >= 11 is 0. The normalized spacial score (nSPS) is 10.3. The van der Waals surface area contributed by atoms with Crippen molar-refractivity contribution in [3.05, 3.63) is 65.0 Å². The van der Waals surface area contributed by atoms with Crippen LogP contribution in [-0.4, -0.2) is 17.9 Å². The molecular formula is C16H17FN2O. The fourth-order valence-corrected chi connectivity index (χ4v) is 1.95. The first-order valence-corrected chi connectivity index (χ1v) is 6.33. The molecule has 0 unspecified atom stereocenters. The quantitative estimate of drug-likeness (QED) is 0.873. The van der Waals surface area contributed by atoms with Gasteiger partial charge in [-0.15, -0.1) is 0 Å². The van der Waals surface area contributed by atoms with Gasteiger partial charge in [0.2, 0.25) is 0 Å². The van der Waals surface area contributed by atoms with Gasteiger partial charge in [-0.3, -0.25) is 4.79 Å². The van der Waals surface area contributed by atoms with Crippen LogP contribution in [0.2, 0.25) is 0 Å². The van der Waals surface area contributed by atoms with Gasteiger partial charge in [0.1, 0.15) is 5.82 Å². The molecule has 0 atom stereocenters. The van der Waals surface area contributed by atoms with Gasteiger partial charge in [-0.25, -0.2) is 4.39 Å². The van der Waals surface area contributed by atoms with Crippen LogP contribution in [0.25, 0.3) is 0 Å². The largest absolute Gasteiger partial charge is 0.399 e. The number of carbonyl (C=O) groups is 1. The minimum atomic E-state index is -0.592. The van der Waals surface area contributed by atoms with Crippen LogP contribution in [0, 0.1) is 12.7 Å². The highest BCUT2D eigenvalue weighted by molar-refractivity contribution is 5.94. The molecule has 0 bridgehead atoms. The predicted molar refractivity (Wildman–Crippen MR) is 77.8 cm³/mol. The third-order valence-corrected chi connectivity index (χ3v) is 3.11. The average Bonchev–Trinajstić information content (AvgIpc) is 2.40. The van der Waals surface area contributed by atoms with Crippen LogP contribution in [0.15, 0.2) is 42.5 Å². The number of benzene rings is 2. The number of nitrogens with zero attached hydrogens (tertiary/aromatic N) is 1. The first-order chi connectivity index (χ1) is 9.47. The number of nitrogen functional groups attached to an aromatic ring is 1. The summed E-state index contributed by atoms with van der Waals surface area (Å²) in [5, 5.41) is 0. The van der Waals surface area contributed by atoms with E-state index in [-0.39, 0.29) is 11.5 Å². The molecule has 0 fully saturated rings. The summed E-state index contributed by atoms with van der Waals surface area (Å²) in [6.07, 6.45) is 0. The number of rotatable bonds is 3. The number of hydrogen-bond acceptors (Lipinski definition) is 2. The van der Waals surface area contributed by atoms with Crippen LogP contribution < -0.4 is 5.73 Å². The number of carbonyl (C=O) groups excluding carboxylic acids is 1. The fourth-order valence-electron chi connectivity index (χ4n) is 1.95. The summed E-state index contributed by atoms with van der Waals surface area (Å²) in [7, 11) is 1.65. The van der Waals surface area contributed by atoms with Crippen molar-refractivity contribution in [2.45, 2.75) is 13.5 Å². The number of halogens is 1. The van der Waals surface area contributed by atoms with Crippen molar-refractivity contribution in [3.8, 4) is 0 Å². The van der Waals surface area contributed by atoms with E-state index in [1.54, 1.807) is 7.05 Å². The average molecular weight is 272 g/mol. The lowest BCUT2D eigenvalue weighted by atomic mass is 10.1. The molecule has 3 nitrogen and oxygen atoms in total. The molecule has 2 rings (SSSR count). The second kappa shape index (κ2) is 5.74. The first kappa shape index (κ1) is 14.1. The number of anilines is 1. The molecule has 20 heavy (non-hydrogen) atoms. The standard InChI is InChI=1S/C16H17FN2O/c1-11-3-5-12(6-4-11)10-19(2)16(20)14-8-7-13(18)9-15(14)17/h3-9H,10,18H2,1-2H3. The highest BCUT2D eigenvalue weighted by Crippen LogP contribution is 2.15. The highest BCUT2D eigenvalue weighted by Gasteiger charge is 2.16. The Labute approximate surface area is 117 Å².